The van der Waals surface area contributed by atoms with Crippen LogP contribution in [0.1, 0.15) is 0 Å². The second-order valence-corrected chi connectivity index (χ2v) is 4.17. The smallest absolute Gasteiger partial charge is 0.354 e. The number of hydrogen-bond acceptors (Lipinski definition) is 5. The van der Waals surface area contributed by atoms with Crippen molar-refractivity contribution in [3.63, 3.8) is 0 Å². The number of anilines is 1. The first-order valence-electron chi connectivity index (χ1n) is 5.08. The molecule has 0 aliphatic heterocycles. The van der Waals surface area contributed by atoms with Crippen LogP contribution in [0.5, 0.6) is 0 Å². The molecular formula is C12H11Cl2NO4. The van der Waals surface area contributed by atoms with Crippen molar-refractivity contribution < 1.29 is 19.1 Å². The minimum absolute atomic E-state index is 0.112. The maximum absolute atomic E-state index is 11.5. The van der Waals surface area contributed by atoms with E-state index in [1.165, 1.54) is 20.3 Å². The van der Waals surface area contributed by atoms with Crippen LogP contribution >= 0.6 is 23.2 Å². The fraction of sp³-hybridized carbons (Fsp3) is 0.167. The van der Waals surface area contributed by atoms with Gasteiger partial charge in [0.15, 0.2) is 0 Å². The first-order chi connectivity index (χ1) is 8.97. The summed E-state index contributed by atoms with van der Waals surface area (Å²) in [6.45, 7) is 0. The fourth-order valence-corrected chi connectivity index (χ4v) is 1.51. The van der Waals surface area contributed by atoms with Crippen molar-refractivity contribution in [3.8, 4) is 0 Å². The highest BCUT2D eigenvalue weighted by Gasteiger charge is 2.14. The average molecular weight is 304 g/mol. The maximum atomic E-state index is 11.5. The number of ether oxygens (including phenoxy) is 2. The zero-order valence-electron chi connectivity index (χ0n) is 10.2. The van der Waals surface area contributed by atoms with Crippen molar-refractivity contribution in [2.24, 2.45) is 0 Å². The second kappa shape index (κ2) is 7.01. The highest BCUT2D eigenvalue weighted by Crippen LogP contribution is 2.26. The highest BCUT2D eigenvalue weighted by atomic mass is 35.5. The van der Waals surface area contributed by atoms with Crippen LogP contribution in [0.15, 0.2) is 30.0 Å². The second-order valence-electron chi connectivity index (χ2n) is 3.32. The lowest BCUT2D eigenvalue weighted by Gasteiger charge is -2.10. The number of benzene rings is 1. The molecule has 0 aliphatic carbocycles. The number of esters is 2. The molecule has 0 aliphatic rings. The van der Waals surface area contributed by atoms with Crippen LogP contribution in [-0.2, 0) is 19.1 Å². The Kier molecular flexibility index (Phi) is 5.66. The monoisotopic (exact) mass is 303 g/mol. The van der Waals surface area contributed by atoms with Gasteiger partial charge in [-0.3, -0.25) is 0 Å². The van der Waals surface area contributed by atoms with Gasteiger partial charge in [-0.15, -0.1) is 0 Å². The summed E-state index contributed by atoms with van der Waals surface area (Å²) >= 11 is 11.8. The predicted molar refractivity (Wildman–Crippen MR) is 72.2 cm³/mol. The zero-order chi connectivity index (χ0) is 14.4. The van der Waals surface area contributed by atoms with Crippen LogP contribution in [0.25, 0.3) is 0 Å². The summed E-state index contributed by atoms with van der Waals surface area (Å²) in [5.41, 5.74) is 0.258. The van der Waals surface area contributed by atoms with Gasteiger partial charge in [0.25, 0.3) is 0 Å². The lowest BCUT2D eigenvalue weighted by atomic mass is 10.3. The molecule has 0 radical (unpaired) electrons. The Labute approximate surface area is 120 Å². The SMILES string of the molecule is COC(=O)/C=C(/Nc1cc(Cl)ccc1Cl)C(=O)OC. The van der Waals surface area contributed by atoms with Crippen molar-refractivity contribution in [1.82, 2.24) is 0 Å². The van der Waals surface area contributed by atoms with Gasteiger partial charge in [-0.1, -0.05) is 23.2 Å². The molecule has 1 aromatic rings. The van der Waals surface area contributed by atoms with Crippen molar-refractivity contribution in [3.05, 3.63) is 40.0 Å². The summed E-state index contributed by atoms with van der Waals surface area (Å²) in [6, 6.07) is 4.66. The van der Waals surface area contributed by atoms with Gasteiger partial charge in [0.2, 0.25) is 0 Å². The summed E-state index contributed by atoms with van der Waals surface area (Å²) in [4.78, 5) is 22.7. The zero-order valence-corrected chi connectivity index (χ0v) is 11.7. The highest BCUT2D eigenvalue weighted by molar-refractivity contribution is 6.35. The normalized spacial score (nSPS) is 10.8. The molecule has 1 rings (SSSR count). The number of hydrogen-bond donors (Lipinski definition) is 1. The molecule has 0 spiro atoms. The van der Waals surface area contributed by atoms with E-state index in [-0.39, 0.29) is 5.70 Å². The van der Waals surface area contributed by atoms with Crippen LogP contribution in [0, 0.1) is 0 Å². The van der Waals surface area contributed by atoms with Crippen LogP contribution in [0.2, 0.25) is 10.0 Å². The van der Waals surface area contributed by atoms with E-state index in [2.05, 4.69) is 14.8 Å². The molecule has 0 saturated carbocycles. The van der Waals surface area contributed by atoms with E-state index in [1.807, 2.05) is 0 Å². The molecule has 0 atom stereocenters. The number of methoxy groups -OCH3 is 2. The van der Waals surface area contributed by atoms with E-state index in [0.717, 1.165) is 6.08 Å². The first kappa shape index (κ1) is 15.3. The molecule has 19 heavy (non-hydrogen) atoms. The lowest BCUT2D eigenvalue weighted by molar-refractivity contribution is -0.138. The molecule has 0 amide bonds. The molecule has 0 heterocycles. The van der Waals surface area contributed by atoms with Gasteiger partial charge in [0.05, 0.1) is 31.0 Å². The summed E-state index contributed by atoms with van der Waals surface area (Å²) in [7, 11) is 2.38. The van der Waals surface area contributed by atoms with E-state index < -0.39 is 11.9 Å². The third kappa shape index (κ3) is 4.46. The summed E-state index contributed by atoms with van der Waals surface area (Å²) in [5, 5.41) is 3.44. The quantitative estimate of drug-likeness (QED) is 0.684. The first-order valence-corrected chi connectivity index (χ1v) is 5.83. The number of halogens is 2. The largest absolute Gasteiger partial charge is 0.466 e. The molecule has 0 unspecified atom stereocenters. The van der Waals surface area contributed by atoms with Gasteiger partial charge in [-0.2, -0.15) is 0 Å². The number of nitrogens with one attached hydrogen (secondary N) is 1. The van der Waals surface area contributed by atoms with Gasteiger partial charge >= 0.3 is 11.9 Å². The Bertz CT molecular complexity index is 528. The Morgan fingerprint density at radius 2 is 1.89 bits per heavy atom. The van der Waals surface area contributed by atoms with Crippen LogP contribution in [0.4, 0.5) is 5.69 Å². The van der Waals surface area contributed by atoms with Crippen LogP contribution in [0.3, 0.4) is 0 Å². The van der Waals surface area contributed by atoms with Gasteiger partial charge in [-0.25, -0.2) is 9.59 Å². The maximum Gasteiger partial charge on any atom is 0.354 e. The summed E-state index contributed by atoms with van der Waals surface area (Å²) < 4.78 is 8.99. The minimum atomic E-state index is -0.735. The van der Waals surface area contributed by atoms with E-state index in [4.69, 9.17) is 23.2 Å². The number of rotatable bonds is 4. The summed E-state index contributed by atoms with van der Waals surface area (Å²) in [5.74, 6) is -1.44. The van der Waals surface area contributed by atoms with Crippen molar-refractivity contribution in [1.29, 1.82) is 0 Å². The standard InChI is InChI=1S/C12H11Cl2NO4/c1-18-11(16)6-10(12(17)19-2)15-9-5-7(13)3-4-8(9)14/h3-6,15H,1-2H3/b10-6+. The van der Waals surface area contributed by atoms with E-state index >= 15 is 0 Å². The molecule has 0 aromatic heterocycles. The Balaban J connectivity index is 3.07. The van der Waals surface area contributed by atoms with Gasteiger partial charge in [0.1, 0.15) is 5.70 Å². The topological polar surface area (TPSA) is 64.6 Å². The van der Waals surface area contributed by atoms with E-state index in [9.17, 15) is 9.59 Å². The van der Waals surface area contributed by atoms with Crippen LogP contribution in [-0.4, -0.2) is 26.2 Å². The molecule has 0 saturated heterocycles. The molecule has 102 valence electrons. The Morgan fingerprint density at radius 1 is 1.21 bits per heavy atom. The molecule has 5 nitrogen and oxygen atoms in total. The molecule has 7 heteroatoms. The molecule has 0 fully saturated rings. The third-order valence-electron chi connectivity index (χ3n) is 2.07. The lowest BCUT2D eigenvalue weighted by Crippen LogP contribution is -2.15. The molecule has 1 N–H and O–H groups in total. The van der Waals surface area contributed by atoms with E-state index in [0.29, 0.717) is 15.7 Å². The fourth-order valence-electron chi connectivity index (χ4n) is 1.17. The van der Waals surface area contributed by atoms with Crippen molar-refractivity contribution in [2.45, 2.75) is 0 Å². The average Bonchev–Trinajstić information content (AvgIpc) is 2.40. The molecule has 1 aromatic carbocycles. The van der Waals surface area contributed by atoms with Crippen molar-refractivity contribution >= 4 is 40.8 Å². The van der Waals surface area contributed by atoms with Gasteiger partial charge in [0, 0.05) is 5.02 Å². The minimum Gasteiger partial charge on any atom is -0.466 e. The third-order valence-corrected chi connectivity index (χ3v) is 2.63. The molecule has 0 bridgehead atoms. The van der Waals surface area contributed by atoms with Crippen LogP contribution < -0.4 is 5.32 Å². The van der Waals surface area contributed by atoms with Gasteiger partial charge in [-0.05, 0) is 18.2 Å². The van der Waals surface area contributed by atoms with Gasteiger partial charge < -0.3 is 14.8 Å². The van der Waals surface area contributed by atoms with Crippen molar-refractivity contribution in [2.75, 3.05) is 19.5 Å². The molecular weight excluding hydrogens is 293 g/mol. The predicted octanol–water partition coefficient (Wildman–Crippen LogP) is 2.64. The van der Waals surface area contributed by atoms with E-state index in [1.54, 1.807) is 12.1 Å². The number of carbonyl (C=O) groups is 2. The summed E-state index contributed by atoms with van der Waals surface area (Å²) in [6.07, 6.45) is 0.961. The Hall–Kier alpha value is -1.72. The number of carbonyl (C=O) groups excluding carboxylic acids is 2. The Morgan fingerprint density at radius 3 is 2.47 bits per heavy atom.